The van der Waals surface area contributed by atoms with Crippen molar-refractivity contribution in [1.82, 2.24) is 15.5 Å². The zero-order valence-electron chi connectivity index (χ0n) is 10.7. The summed E-state index contributed by atoms with van der Waals surface area (Å²) >= 11 is 0. The number of hydrogen-bond donors (Lipinski definition) is 2. The van der Waals surface area contributed by atoms with Crippen molar-refractivity contribution in [3.8, 4) is 0 Å². The summed E-state index contributed by atoms with van der Waals surface area (Å²) in [5, 5.41) is 6.24. The summed E-state index contributed by atoms with van der Waals surface area (Å²) in [5.41, 5.74) is 0. The van der Waals surface area contributed by atoms with E-state index in [1.54, 1.807) is 0 Å². The van der Waals surface area contributed by atoms with E-state index in [-0.39, 0.29) is 18.1 Å². The molecule has 17 heavy (non-hydrogen) atoms. The van der Waals surface area contributed by atoms with Gasteiger partial charge in [-0.15, -0.1) is 0 Å². The van der Waals surface area contributed by atoms with Gasteiger partial charge in [0.05, 0.1) is 12.7 Å². The topological polar surface area (TPSA) is 53.6 Å². The third-order valence-corrected chi connectivity index (χ3v) is 3.78. The number of hydrogen-bond acceptors (Lipinski definition) is 4. The highest BCUT2D eigenvalue weighted by Crippen LogP contribution is 2.13. The number of morpholine rings is 1. The molecule has 1 unspecified atom stereocenters. The average Bonchev–Trinajstić information content (AvgIpc) is 2.72. The minimum atomic E-state index is -0.199. The van der Waals surface area contributed by atoms with Crippen molar-refractivity contribution < 1.29 is 9.53 Å². The molecule has 1 amide bonds. The SMILES string of the molecule is C[C@H]1OCCN[C@@H]1C(=O)NCC1CCCN1C. The van der Waals surface area contributed by atoms with Crippen molar-refractivity contribution >= 4 is 5.91 Å². The largest absolute Gasteiger partial charge is 0.375 e. The molecule has 2 saturated heterocycles. The normalized spacial score (nSPS) is 34.8. The molecule has 2 rings (SSSR count). The highest BCUT2D eigenvalue weighted by Gasteiger charge is 2.29. The van der Waals surface area contributed by atoms with E-state index >= 15 is 0 Å². The van der Waals surface area contributed by atoms with Crippen LogP contribution in [-0.4, -0.2) is 62.3 Å². The van der Waals surface area contributed by atoms with E-state index in [0.717, 1.165) is 19.6 Å². The highest BCUT2D eigenvalue weighted by molar-refractivity contribution is 5.82. The molecule has 98 valence electrons. The second kappa shape index (κ2) is 5.80. The summed E-state index contributed by atoms with van der Waals surface area (Å²) in [5.74, 6) is 0.0671. The number of nitrogens with one attached hydrogen (secondary N) is 2. The molecule has 2 fully saturated rings. The molecular weight excluding hydrogens is 218 g/mol. The molecule has 0 aromatic heterocycles. The predicted molar refractivity (Wildman–Crippen MR) is 65.9 cm³/mol. The van der Waals surface area contributed by atoms with Gasteiger partial charge in [0.25, 0.3) is 0 Å². The minimum absolute atomic E-state index is 0.0370. The molecule has 0 saturated carbocycles. The van der Waals surface area contributed by atoms with E-state index in [4.69, 9.17) is 4.74 Å². The van der Waals surface area contributed by atoms with E-state index < -0.39 is 0 Å². The standard InChI is InChI=1S/C12H23N3O2/c1-9-11(13-5-7-17-9)12(16)14-8-10-4-3-6-15(10)2/h9-11,13H,3-8H2,1-2H3,(H,14,16)/t9-,10?,11+/m1/s1. The molecule has 0 aromatic carbocycles. The Bertz CT molecular complexity index is 272. The molecule has 0 aliphatic carbocycles. The van der Waals surface area contributed by atoms with Crippen LogP contribution in [0.25, 0.3) is 0 Å². The quantitative estimate of drug-likeness (QED) is 0.704. The lowest BCUT2D eigenvalue weighted by atomic mass is 10.1. The van der Waals surface area contributed by atoms with Gasteiger partial charge in [-0.05, 0) is 33.4 Å². The molecule has 2 aliphatic rings. The smallest absolute Gasteiger partial charge is 0.239 e. The predicted octanol–water partition coefficient (Wildman–Crippen LogP) is -0.426. The fourth-order valence-corrected chi connectivity index (χ4v) is 2.59. The molecule has 2 aliphatic heterocycles. The third-order valence-electron chi connectivity index (χ3n) is 3.78. The van der Waals surface area contributed by atoms with E-state index in [1.165, 1.54) is 12.8 Å². The number of nitrogens with zero attached hydrogens (tertiary/aromatic N) is 1. The van der Waals surface area contributed by atoms with Gasteiger partial charge in [0, 0.05) is 19.1 Å². The zero-order valence-corrected chi connectivity index (χ0v) is 10.7. The van der Waals surface area contributed by atoms with Gasteiger partial charge >= 0.3 is 0 Å². The zero-order chi connectivity index (χ0) is 12.3. The van der Waals surface area contributed by atoms with Crippen molar-refractivity contribution in [2.75, 3.05) is 33.3 Å². The Kier molecular flexibility index (Phi) is 4.36. The Morgan fingerprint density at radius 2 is 2.41 bits per heavy atom. The molecule has 3 atom stereocenters. The third kappa shape index (κ3) is 3.18. The number of likely N-dealkylation sites (N-methyl/N-ethyl adjacent to an activating group) is 1. The summed E-state index contributed by atoms with van der Waals surface area (Å²) in [6.07, 6.45) is 2.38. The summed E-state index contributed by atoms with van der Waals surface area (Å²) in [6.45, 7) is 5.28. The number of likely N-dealkylation sites (tertiary alicyclic amines) is 1. The van der Waals surface area contributed by atoms with Gasteiger partial charge in [0.15, 0.2) is 0 Å². The van der Waals surface area contributed by atoms with Crippen LogP contribution in [-0.2, 0) is 9.53 Å². The molecule has 0 aromatic rings. The van der Waals surface area contributed by atoms with Crippen LogP contribution in [0.1, 0.15) is 19.8 Å². The lowest BCUT2D eigenvalue weighted by molar-refractivity contribution is -0.129. The van der Waals surface area contributed by atoms with Crippen molar-refractivity contribution in [2.24, 2.45) is 0 Å². The van der Waals surface area contributed by atoms with Gasteiger partial charge in [0.2, 0.25) is 5.91 Å². The summed E-state index contributed by atoms with van der Waals surface area (Å²) in [6, 6.07) is 0.300. The molecular formula is C12H23N3O2. The van der Waals surface area contributed by atoms with Crippen LogP contribution in [0.2, 0.25) is 0 Å². The van der Waals surface area contributed by atoms with Gasteiger partial charge in [-0.3, -0.25) is 4.79 Å². The number of amides is 1. The molecule has 5 nitrogen and oxygen atoms in total. The molecule has 2 N–H and O–H groups in total. The Labute approximate surface area is 103 Å². The van der Waals surface area contributed by atoms with Crippen molar-refractivity contribution in [3.63, 3.8) is 0 Å². The van der Waals surface area contributed by atoms with Gasteiger partial charge in [0.1, 0.15) is 6.04 Å². The van der Waals surface area contributed by atoms with E-state index in [1.807, 2.05) is 6.92 Å². The fourth-order valence-electron chi connectivity index (χ4n) is 2.59. The molecule has 0 radical (unpaired) electrons. The lowest BCUT2D eigenvalue weighted by Gasteiger charge is -2.30. The first-order valence-corrected chi connectivity index (χ1v) is 6.51. The van der Waals surface area contributed by atoms with Crippen LogP contribution >= 0.6 is 0 Å². The van der Waals surface area contributed by atoms with Gasteiger partial charge < -0.3 is 20.3 Å². The summed E-state index contributed by atoms with van der Waals surface area (Å²) < 4.78 is 5.47. The van der Waals surface area contributed by atoms with Crippen molar-refractivity contribution in [3.05, 3.63) is 0 Å². The Morgan fingerprint density at radius 1 is 1.59 bits per heavy atom. The maximum absolute atomic E-state index is 12.0. The van der Waals surface area contributed by atoms with Crippen LogP contribution in [0.5, 0.6) is 0 Å². The summed E-state index contributed by atoms with van der Waals surface area (Å²) in [7, 11) is 2.12. The second-order valence-corrected chi connectivity index (χ2v) is 5.03. The lowest BCUT2D eigenvalue weighted by Crippen LogP contribution is -2.56. The average molecular weight is 241 g/mol. The monoisotopic (exact) mass is 241 g/mol. The first-order valence-electron chi connectivity index (χ1n) is 6.51. The highest BCUT2D eigenvalue weighted by atomic mass is 16.5. The van der Waals surface area contributed by atoms with Crippen molar-refractivity contribution in [1.29, 1.82) is 0 Å². The van der Waals surface area contributed by atoms with Crippen molar-refractivity contribution in [2.45, 2.75) is 38.0 Å². The first-order chi connectivity index (χ1) is 8.18. The first kappa shape index (κ1) is 12.8. The van der Waals surface area contributed by atoms with Crippen LogP contribution < -0.4 is 10.6 Å². The number of carbonyl (C=O) groups is 1. The van der Waals surface area contributed by atoms with Gasteiger partial charge in [-0.2, -0.15) is 0 Å². The fraction of sp³-hybridized carbons (Fsp3) is 0.917. The van der Waals surface area contributed by atoms with E-state index in [0.29, 0.717) is 12.6 Å². The number of carbonyl (C=O) groups excluding carboxylic acids is 1. The second-order valence-electron chi connectivity index (χ2n) is 5.03. The Morgan fingerprint density at radius 3 is 3.06 bits per heavy atom. The van der Waals surface area contributed by atoms with Crippen LogP contribution in [0.15, 0.2) is 0 Å². The maximum Gasteiger partial charge on any atom is 0.239 e. The van der Waals surface area contributed by atoms with Gasteiger partial charge in [-0.25, -0.2) is 0 Å². The van der Waals surface area contributed by atoms with Crippen LogP contribution in [0, 0.1) is 0 Å². The Hall–Kier alpha value is -0.650. The number of rotatable bonds is 3. The molecule has 0 spiro atoms. The molecule has 0 bridgehead atoms. The summed E-state index contributed by atoms with van der Waals surface area (Å²) in [4.78, 5) is 14.3. The minimum Gasteiger partial charge on any atom is -0.375 e. The maximum atomic E-state index is 12.0. The molecule has 2 heterocycles. The van der Waals surface area contributed by atoms with Crippen LogP contribution in [0.3, 0.4) is 0 Å². The van der Waals surface area contributed by atoms with E-state index in [2.05, 4.69) is 22.6 Å². The van der Waals surface area contributed by atoms with E-state index in [9.17, 15) is 4.79 Å². The van der Waals surface area contributed by atoms with Crippen LogP contribution in [0.4, 0.5) is 0 Å². The number of ether oxygens (including phenoxy) is 1. The Balaban J connectivity index is 1.76. The molecule has 5 heteroatoms. The van der Waals surface area contributed by atoms with Gasteiger partial charge in [-0.1, -0.05) is 0 Å².